The summed E-state index contributed by atoms with van der Waals surface area (Å²) in [6.07, 6.45) is 5.75. The van der Waals surface area contributed by atoms with Gasteiger partial charge in [0.2, 0.25) is 23.4 Å². The molecule has 0 N–H and O–H groups in total. The van der Waals surface area contributed by atoms with Crippen molar-refractivity contribution in [3.05, 3.63) is 128 Å². The minimum atomic E-state index is 0.413. The van der Waals surface area contributed by atoms with Crippen LogP contribution in [0.15, 0.2) is 94.2 Å². The Morgan fingerprint density at radius 3 is 1.72 bits per heavy atom. The van der Waals surface area contributed by atoms with E-state index in [-0.39, 0.29) is 0 Å². The highest BCUT2D eigenvalue weighted by atomic mass is 35.5. The summed E-state index contributed by atoms with van der Waals surface area (Å²) in [5.74, 6) is 13.9. The number of hydrogen-bond acceptors (Lipinski definition) is 8. The number of nitrogens with zero attached hydrogens (tertiary/aromatic N) is 6. The fourth-order valence-electron chi connectivity index (χ4n) is 3.80. The van der Waals surface area contributed by atoms with Crippen molar-refractivity contribution < 1.29 is 9.05 Å². The van der Waals surface area contributed by atoms with Gasteiger partial charge in [-0.25, -0.2) is 9.97 Å². The van der Waals surface area contributed by atoms with E-state index in [0.717, 1.165) is 11.4 Å². The number of benzene rings is 2. The van der Waals surface area contributed by atoms with Crippen molar-refractivity contribution in [2.24, 2.45) is 0 Å². The van der Waals surface area contributed by atoms with Crippen molar-refractivity contribution in [1.29, 1.82) is 0 Å². The second-order valence-electron chi connectivity index (χ2n) is 9.28. The van der Waals surface area contributed by atoms with E-state index in [1.54, 1.807) is 48.8 Å². The average Bonchev–Trinajstić information content (AvgIpc) is 3.74. The van der Waals surface area contributed by atoms with Gasteiger partial charge < -0.3 is 9.05 Å². The van der Waals surface area contributed by atoms with E-state index >= 15 is 0 Å². The van der Waals surface area contributed by atoms with Crippen LogP contribution < -0.4 is 0 Å². The third-order valence-corrected chi connectivity index (χ3v) is 7.36. The molecule has 46 heavy (non-hydrogen) atoms. The molecule has 0 saturated heterocycles. The molecule has 0 spiro atoms. The van der Waals surface area contributed by atoms with E-state index in [1.807, 2.05) is 36.4 Å². The fraction of sp³-hybridized carbons (Fsp3) is 0.118. The van der Waals surface area contributed by atoms with Crippen LogP contribution in [0.5, 0.6) is 0 Å². The zero-order valence-electron chi connectivity index (χ0n) is 23.9. The monoisotopic (exact) mass is 686 g/mol. The maximum absolute atomic E-state index is 6.15. The molecule has 0 aliphatic heterocycles. The topological polar surface area (TPSA) is 104 Å². The van der Waals surface area contributed by atoms with Crippen molar-refractivity contribution in [2.45, 2.75) is 25.7 Å². The summed E-state index contributed by atoms with van der Waals surface area (Å²) in [6.45, 7) is 0. The fourth-order valence-corrected chi connectivity index (χ4v) is 4.68. The molecule has 0 aliphatic rings. The van der Waals surface area contributed by atoms with Crippen LogP contribution in [0, 0.1) is 23.7 Å². The number of aromatic nitrogens is 6. The minimum absolute atomic E-state index is 0.413. The van der Waals surface area contributed by atoms with E-state index in [1.165, 1.54) is 0 Å². The van der Waals surface area contributed by atoms with Crippen molar-refractivity contribution in [1.82, 2.24) is 30.2 Å². The summed E-state index contributed by atoms with van der Waals surface area (Å²) < 4.78 is 10.4. The summed E-state index contributed by atoms with van der Waals surface area (Å²) in [6, 6.07) is 21.7. The van der Waals surface area contributed by atoms with Crippen LogP contribution in [-0.2, 0) is 12.8 Å². The third-order valence-electron chi connectivity index (χ3n) is 5.99. The van der Waals surface area contributed by atoms with Gasteiger partial charge in [-0.3, -0.25) is 0 Å². The molecule has 8 nitrogen and oxygen atoms in total. The smallest absolute Gasteiger partial charge is 0.227 e. The van der Waals surface area contributed by atoms with Crippen LogP contribution in [0.2, 0.25) is 20.1 Å². The Kier molecular flexibility index (Phi) is 11.8. The maximum atomic E-state index is 6.15. The predicted molar refractivity (Wildman–Crippen MR) is 178 cm³/mol. The lowest BCUT2D eigenvalue weighted by Crippen LogP contribution is -1.86. The predicted octanol–water partition coefficient (Wildman–Crippen LogP) is 8.85. The molecular formula is C34H22Cl4N6O2. The molecule has 0 radical (unpaired) electrons. The van der Waals surface area contributed by atoms with Crippen LogP contribution in [0.1, 0.15) is 36.0 Å². The van der Waals surface area contributed by atoms with Gasteiger partial charge in [-0.05, 0) is 66.4 Å². The first-order valence-electron chi connectivity index (χ1n) is 13.8. The van der Waals surface area contributed by atoms with E-state index in [2.05, 4.69) is 53.9 Å². The lowest BCUT2D eigenvalue weighted by atomic mass is 10.2. The first-order chi connectivity index (χ1) is 22.5. The Balaban J connectivity index is 0.000000181. The van der Waals surface area contributed by atoms with Crippen LogP contribution in [-0.4, -0.2) is 30.2 Å². The number of hydrogen-bond donors (Lipinski definition) is 0. The van der Waals surface area contributed by atoms with Crippen LogP contribution in [0.3, 0.4) is 0 Å². The first-order valence-corrected chi connectivity index (χ1v) is 15.3. The Morgan fingerprint density at radius 1 is 0.587 bits per heavy atom. The van der Waals surface area contributed by atoms with Gasteiger partial charge in [0, 0.05) is 54.2 Å². The quantitative estimate of drug-likeness (QED) is 0.160. The molecule has 0 unspecified atom stereocenters. The Labute approximate surface area is 285 Å². The van der Waals surface area contributed by atoms with Crippen molar-refractivity contribution in [2.75, 3.05) is 0 Å². The molecule has 2 aromatic carbocycles. The zero-order valence-corrected chi connectivity index (χ0v) is 26.9. The number of aryl methyl sites for hydroxylation is 2. The van der Waals surface area contributed by atoms with Gasteiger partial charge in [0.05, 0.1) is 15.1 Å². The highest BCUT2D eigenvalue weighted by Gasteiger charge is 2.14. The van der Waals surface area contributed by atoms with Crippen molar-refractivity contribution in [3.63, 3.8) is 0 Å². The van der Waals surface area contributed by atoms with Crippen LogP contribution in [0.4, 0.5) is 0 Å². The molecule has 4 aromatic heterocycles. The second kappa shape index (κ2) is 16.6. The van der Waals surface area contributed by atoms with Gasteiger partial charge in [0.1, 0.15) is 11.4 Å². The number of pyridine rings is 2. The normalized spacial score (nSPS) is 10.2. The molecule has 0 saturated carbocycles. The van der Waals surface area contributed by atoms with Crippen LogP contribution >= 0.6 is 46.4 Å². The summed E-state index contributed by atoms with van der Waals surface area (Å²) in [7, 11) is 0. The average molecular weight is 688 g/mol. The molecular weight excluding hydrogens is 666 g/mol. The van der Waals surface area contributed by atoms with E-state index < -0.39 is 0 Å². The van der Waals surface area contributed by atoms with E-state index in [4.69, 9.17) is 55.4 Å². The summed E-state index contributed by atoms with van der Waals surface area (Å²) in [5, 5.41) is 9.79. The number of halogens is 4. The molecule has 0 bridgehead atoms. The van der Waals surface area contributed by atoms with E-state index in [9.17, 15) is 0 Å². The zero-order chi connectivity index (χ0) is 32.1. The van der Waals surface area contributed by atoms with Gasteiger partial charge in [0.15, 0.2) is 0 Å². The van der Waals surface area contributed by atoms with Gasteiger partial charge in [-0.1, -0.05) is 86.8 Å². The standard InChI is InChI=1S/2C17H11Cl2N3O/c18-14-9-5-8-13(16(14)19)17-21-15(23-22-17)10-2-1-6-12-7-3-4-11-20-12;18-12-8-9-14(15(19)11-12)17-21-16(23-22-17)7-2-1-5-13-6-3-4-10-20-13/h3-5,7-9,11H,2,10H2;3-4,6,8-11H,2,7H2. The SMILES string of the molecule is Clc1ccc(-c2noc(CCC#Cc3ccccn3)n2)c(Cl)c1.Clc1cccc(-c2noc(CCC#Cc3ccccn3)n2)c1Cl. The Bertz CT molecular complexity index is 2030. The lowest BCUT2D eigenvalue weighted by molar-refractivity contribution is 0.380. The molecule has 228 valence electrons. The summed E-state index contributed by atoms with van der Waals surface area (Å²) >= 11 is 24.1. The third kappa shape index (κ3) is 9.40. The first kappa shape index (κ1) is 32.7. The molecule has 0 fully saturated rings. The molecule has 6 rings (SSSR count). The van der Waals surface area contributed by atoms with Crippen molar-refractivity contribution >= 4 is 46.4 Å². The molecule has 0 amide bonds. The van der Waals surface area contributed by atoms with Crippen molar-refractivity contribution in [3.8, 4) is 46.5 Å². The molecule has 0 aliphatic carbocycles. The summed E-state index contributed by atoms with van der Waals surface area (Å²) in [4.78, 5) is 16.9. The Hall–Kier alpha value is -4.70. The maximum Gasteiger partial charge on any atom is 0.227 e. The van der Waals surface area contributed by atoms with E-state index in [0.29, 0.717) is 80.3 Å². The van der Waals surface area contributed by atoms with Gasteiger partial charge >= 0.3 is 0 Å². The van der Waals surface area contributed by atoms with Crippen LogP contribution in [0.25, 0.3) is 22.8 Å². The molecule has 12 heteroatoms. The highest BCUT2D eigenvalue weighted by molar-refractivity contribution is 6.43. The lowest BCUT2D eigenvalue weighted by Gasteiger charge is -1.99. The number of rotatable bonds is 6. The minimum Gasteiger partial charge on any atom is -0.339 e. The van der Waals surface area contributed by atoms with Gasteiger partial charge in [-0.15, -0.1) is 0 Å². The summed E-state index contributed by atoms with van der Waals surface area (Å²) in [5.41, 5.74) is 2.82. The second-order valence-corrected chi connectivity index (χ2v) is 10.9. The Morgan fingerprint density at radius 2 is 1.17 bits per heavy atom. The van der Waals surface area contributed by atoms with Gasteiger partial charge in [0.25, 0.3) is 0 Å². The molecule has 0 atom stereocenters. The van der Waals surface area contributed by atoms with Gasteiger partial charge in [-0.2, -0.15) is 9.97 Å². The molecule has 4 heterocycles. The highest BCUT2D eigenvalue weighted by Crippen LogP contribution is 2.32. The molecule has 6 aromatic rings. The largest absolute Gasteiger partial charge is 0.339 e.